The highest BCUT2D eigenvalue weighted by Crippen LogP contribution is 1.96. The van der Waals surface area contributed by atoms with Gasteiger partial charge in [-0.2, -0.15) is 0 Å². The van der Waals surface area contributed by atoms with Gasteiger partial charge in [0, 0.05) is 19.3 Å². The molecule has 0 aliphatic carbocycles. The van der Waals surface area contributed by atoms with Crippen LogP contribution in [0.3, 0.4) is 0 Å². The minimum Gasteiger partial charge on any atom is -0.389 e. The molecular formula is C8H16N4O. The summed E-state index contributed by atoms with van der Waals surface area (Å²) in [6.45, 7) is 5.69. The Labute approximate surface area is 77.8 Å². The van der Waals surface area contributed by atoms with Gasteiger partial charge in [0.2, 0.25) is 0 Å². The van der Waals surface area contributed by atoms with E-state index in [-0.39, 0.29) is 0 Å². The first kappa shape index (κ1) is 10.1. The first-order valence-electron chi connectivity index (χ1n) is 4.35. The Kier molecular flexibility index (Phi) is 3.39. The molecule has 0 saturated heterocycles. The second-order valence-electron chi connectivity index (χ2n) is 3.66. The number of hydrogen-bond acceptors (Lipinski definition) is 4. The number of hydrogen-bond donors (Lipinski definition) is 2. The van der Waals surface area contributed by atoms with Crippen molar-refractivity contribution in [2.24, 2.45) is 0 Å². The Morgan fingerprint density at radius 3 is 2.85 bits per heavy atom. The molecule has 0 aromatic carbocycles. The molecule has 0 unspecified atom stereocenters. The Morgan fingerprint density at radius 2 is 2.31 bits per heavy atom. The van der Waals surface area contributed by atoms with E-state index in [1.165, 1.54) is 0 Å². The van der Waals surface area contributed by atoms with Crippen LogP contribution in [-0.4, -0.2) is 38.8 Å². The minimum atomic E-state index is -0.650. The van der Waals surface area contributed by atoms with Crippen LogP contribution in [0.4, 0.5) is 0 Å². The molecule has 1 aromatic rings. The molecule has 5 heteroatoms. The number of aliphatic hydroxyl groups is 1. The van der Waals surface area contributed by atoms with Gasteiger partial charge in [0.1, 0.15) is 0 Å². The molecule has 0 amide bonds. The average Bonchev–Trinajstić information content (AvgIpc) is 2.48. The topological polar surface area (TPSA) is 63.0 Å². The lowest BCUT2D eigenvalue weighted by atomic mass is 10.1. The van der Waals surface area contributed by atoms with E-state index in [1.54, 1.807) is 24.7 Å². The summed E-state index contributed by atoms with van der Waals surface area (Å²) in [5, 5.41) is 20.0. The van der Waals surface area contributed by atoms with Crippen LogP contribution >= 0.6 is 0 Å². The largest absolute Gasteiger partial charge is 0.389 e. The second-order valence-corrected chi connectivity index (χ2v) is 3.66. The maximum atomic E-state index is 9.38. The maximum Gasteiger partial charge on any atom is 0.0715 e. The molecule has 0 bridgehead atoms. The fourth-order valence-electron chi connectivity index (χ4n) is 0.940. The smallest absolute Gasteiger partial charge is 0.0715 e. The number of nitrogens with one attached hydrogen (secondary N) is 1. The highest BCUT2D eigenvalue weighted by Gasteiger charge is 2.10. The van der Waals surface area contributed by atoms with Gasteiger partial charge in [-0.1, -0.05) is 5.21 Å². The monoisotopic (exact) mass is 184 g/mol. The van der Waals surface area contributed by atoms with Crippen LogP contribution in [-0.2, 0) is 6.54 Å². The van der Waals surface area contributed by atoms with Crippen molar-refractivity contribution >= 4 is 0 Å². The van der Waals surface area contributed by atoms with Crippen LogP contribution in [0.5, 0.6) is 0 Å². The van der Waals surface area contributed by atoms with Gasteiger partial charge in [-0.05, 0) is 13.8 Å². The fourth-order valence-corrected chi connectivity index (χ4v) is 0.940. The van der Waals surface area contributed by atoms with Crippen LogP contribution in [0.2, 0.25) is 0 Å². The molecule has 1 heterocycles. The summed E-state index contributed by atoms with van der Waals surface area (Å²) in [6, 6.07) is 0. The van der Waals surface area contributed by atoms with E-state index in [4.69, 9.17) is 0 Å². The molecule has 0 aliphatic rings. The van der Waals surface area contributed by atoms with Crippen molar-refractivity contribution in [3.05, 3.63) is 12.4 Å². The Bertz CT molecular complexity index is 227. The van der Waals surface area contributed by atoms with Gasteiger partial charge < -0.3 is 10.4 Å². The molecule has 0 atom stereocenters. The molecule has 0 aliphatic heterocycles. The first-order valence-corrected chi connectivity index (χ1v) is 4.35. The molecule has 74 valence electrons. The van der Waals surface area contributed by atoms with Gasteiger partial charge in [0.05, 0.1) is 18.3 Å². The highest BCUT2D eigenvalue weighted by atomic mass is 16.3. The van der Waals surface area contributed by atoms with Crippen molar-refractivity contribution in [2.45, 2.75) is 26.0 Å². The van der Waals surface area contributed by atoms with Gasteiger partial charge in [-0.25, -0.2) is 0 Å². The normalized spacial score (nSPS) is 11.9. The molecule has 13 heavy (non-hydrogen) atoms. The zero-order chi connectivity index (χ0) is 9.73. The molecule has 2 N–H and O–H groups in total. The van der Waals surface area contributed by atoms with Crippen molar-refractivity contribution in [2.75, 3.05) is 13.1 Å². The van der Waals surface area contributed by atoms with Crippen LogP contribution < -0.4 is 5.32 Å². The van der Waals surface area contributed by atoms with Crippen molar-refractivity contribution in [3.8, 4) is 0 Å². The molecule has 1 aromatic heterocycles. The van der Waals surface area contributed by atoms with E-state index in [9.17, 15) is 5.11 Å². The Balaban J connectivity index is 2.09. The van der Waals surface area contributed by atoms with Gasteiger partial charge >= 0.3 is 0 Å². The predicted octanol–water partition coefficient (Wildman–Crippen LogP) is -0.361. The zero-order valence-corrected chi connectivity index (χ0v) is 8.06. The predicted molar refractivity (Wildman–Crippen MR) is 49.2 cm³/mol. The Morgan fingerprint density at radius 1 is 1.54 bits per heavy atom. The van der Waals surface area contributed by atoms with Crippen LogP contribution in [0.15, 0.2) is 12.4 Å². The highest BCUT2D eigenvalue weighted by molar-refractivity contribution is 4.69. The fraction of sp³-hybridized carbons (Fsp3) is 0.750. The van der Waals surface area contributed by atoms with E-state index < -0.39 is 5.60 Å². The minimum absolute atomic E-state index is 0.585. The van der Waals surface area contributed by atoms with Gasteiger partial charge in [0.25, 0.3) is 0 Å². The molecule has 0 saturated carbocycles. The summed E-state index contributed by atoms with van der Waals surface area (Å²) in [5.74, 6) is 0. The Hall–Kier alpha value is -0.940. The van der Waals surface area contributed by atoms with Crippen molar-refractivity contribution in [1.29, 1.82) is 0 Å². The number of rotatable bonds is 5. The summed E-state index contributed by atoms with van der Waals surface area (Å²) in [4.78, 5) is 0. The number of aromatic nitrogens is 3. The third-order valence-corrected chi connectivity index (χ3v) is 1.55. The summed E-state index contributed by atoms with van der Waals surface area (Å²) in [7, 11) is 0. The average molecular weight is 184 g/mol. The molecular weight excluding hydrogens is 168 g/mol. The van der Waals surface area contributed by atoms with E-state index in [0.29, 0.717) is 6.54 Å². The van der Waals surface area contributed by atoms with E-state index in [2.05, 4.69) is 15.6 Å². The molecule has 5 nitrogen and oxygen atoms in total. The van der Waals surface area contributed by atoms with E-state index in [0.717, 1.165) is 13.1 Å². The lowest BCUT2D eigenvalue weighted by molar-refractivity contribution is 0.0797. The summed E-state index contributed by atoms with van der Waals surface area (Å²) < 4.78 is 1.75. The van der Waals surface area contributed by atoms with Gasteiger partial charge in [-0.15, -0.1) is 5.10 Å². The van der Waals surface area contributed by atoms with E-state index >= 15 is 0 Å². The number of nitrogens with zero attached hydrogens (tertiary/aromatic N) is 3. The molecule has 0 fully saturated rings. The van der Waals surface area contributed by atoms with Gasteiger partial charge in [-0.3, -0.25) is 4.68 Å². The van der Waals surface area contributed by atoms with Crippen molar-refractivity contribution < 1.29 is 5.11 Å². The lowest BCUT2D eigenvalue weighted by Gasteiger charge is -2.17. The second kappa shape index (κ2) is 4.34. The summed E-state index contributed by atoms with van der Waals surface area (Å²) in [5.41, 5.74) is -0.650. The van der Waals surface area contributed by atoms with Crippen molar-refractivity contribution in [1.82, 2.24) is 20.3 Å². The molecule has 0 spiro atoms. The first-order chi connectivity index (χ1) is 6.08. The summed E-state index contributed by atoms with van der Waals surface area (Å²) in [6.07, 6.45) is 3.46. The lowest BCUT2D eigenvalue weighted by Crippen LogP contribution is -2.36. The van der Waals surface area contributed by atoms with Crippen LogP contribution in [0, 0.1) is 0 Å². The SMILES string of the molecule is CC(C)(O)CNCCn1ccnn1. The third-order valence-electron chi connectivity index (χ3n) is 1.55. The summed E-state index contributed by atoms with van der Waals surface area (Å²) >= 11 is 0. The standard InChI is InChI=1S/C8H16N4O/c1-8(2,13)7-9-3-5-12-6-4-10-11-12/h4,6,9,13H,3,5,7H2,1-2H3. The zero-order valence-electron chi connectivity index (χ0n) is 8.06. The van der Waals surface area contributed by atoms with Crippen LogP contribution in [0.1, 0.15) is 13.8 Å². The third kappa shape index (κ3) is 4.59. The maximum absolute atomic E-state index is 9.38. The van der Waals surface area contributed by atoms with E-state index in [1.807, 2.05) is 6.20 Å². The van der Waals surface area contributed by atoms with Crippen LogP contribution in [0.25, 0.3) is 0 Å². The molecule has 0 radical (unpaired) electrons. The van der Waals surface area contributed by atoms with Crippen molar-refractivity contribution in [3.63, 3.8) is 0 Å². The quantitative estimate of drug-likeness (QED) is 0.613. The van der Waals surface area contributed by atoms with Gasteiger partial charge in [0.15, 0.2) is 0 Å². The molecule has 1 rings (SSSR count).